The van der Waals surface area contributed by atoms with Crippen LogP contribution in [0.3, 0.4) is 0 Å². The van der Waals surface area contributed by atoms with Crippen molar-refractivity contribution in [2.45, 2.75) is 31.2 Å². The highest BCUT2D eigenvalue weighted by Crippen LogP contribution is 2.43. The minimum Gasteiger partial charge on any atom is -0.453 e. The van der Waals surface area contributed by atoms with Gasteiger partial charge in [-0.15, -0.1) is 0 Å². The summed E-state index contributed by atoms with van der Waals surface area (Å²) in [7, 11) is 0. The summed E-state index contributed by atoms with van der Waals surface area (Å²) in [6, 6.07) is 3.47. The molecule has 0 unspecified atom stereocenters. The molecule has 1 aliphatic heterocycles. The fraction of sp³-hybridized carbons (Fsp3) is 0.500. The van der Waals surface area contributed by atoms with Crippen LogP contribution in [0.1, 0.15) is 31.2 Å². The SMILES string of the molecule is NC1(c2ccc3c(c2F)OCO3)CCCC1. The molecule has 0 amide bonds. The Balaban J connectivity index is 2.08. The van der Waals surface area contributed by atoms with Crippen LogP contribution in [0.15, 0.2) is 12.1 Å². The van der Waals surface area contributed by atoms with Crippen molar-refractivity contribution < 1.29 is 13.9 Å². The topological polar surface area (TPSA) is 44.5 Å². The van der Waals surface area contributed by atoms with Crippen LogP contribution in [0.2, 0.25) is 0 Å². The molecular formula is C12H14FNO2. The summed E-state index contributed by atoms with van der Waals surface area (Å²) >= 11 is 0. The molecule has 3 rings (SSSR count). The Hall–Kier alpha value is -1.29. The minimum atomic E-state index is -0.523. The van der Waals surface area contributed by atoms with Crippen LogP contribution in [0.4, 0.5) is 4.39 Å². The number of rotatable bonds is 1. The Labute approximate surface area is 93.3 Å². The molecule has 0 aromatic heterocycles. The molecular weight excluding hydrogens is 209 g/mol. The normalized spacial score (nSPS) is 21.4. The highest BCUT2D eigenvalue weighted by molar-refractivity contribution is 5.48. The predicted octanol–water partition coefficient (Wildman–Crippen LogP) is 2.28. The number of hydrogen-bond acceptors (Lipinski definition) is 3. The van der Waals surface area contributed by atoms with Crippen molar-refractivity contribution in [1.29, 1.82) is 0 Å². The summed E-state index contributed by atoms with van der Waals surface area (Å²) in [6.07, 6.45) is 3.79. The monoisotopic (exact) mass is 223 g/mol. The van der Waals surface area contributed by atoms with Gasteiger partial charge in [0.1, 0.15) is 0 Å². The summed E-state index contributed by atoms with van der Waals surface area (Å²) in [5.74, 6) is 0.344. The third-order valence-corrected chi connectivity index (χ3v) is 3.51. The average Bonchev–Trinajstić information content (AvgIpc) is 2.87. The van der Waals surface area contributed by atoms with Gasteiger partial charge in [0.2, 0.25) is 12.5 Å². The molecule has 4 heteroatoms. The van der Waals surface area contributed by atoms with Gasteiger partial charge in [-0.05, 0) is 18.9 Å². The summed E-state index contributed by atoms with van der Waals surface area (Å²) < 4.78 is 24.4. The van der Waals surface area contributed by atoms with E-state index in [4.69, 9.17) is 15.2 Å². The number of benzene rings is 1. The number of nitrogens with two attached hydrogens (primary N) is 1. The van der Waals surface area contributed by atoms with Gasteiger partial charge in [-0.3, -0.25) is 0 Å². The van der Waals surface area contributed by atoms with Gasteiger partial charge in [0.25, 0.3) is 0 Å². The lowest BCUT2D eigenvalue weighted by molar-refractivity contribution is 0.170. The molecule has 0 atom stereocenters. The summed E-state index contributed by atoms with van der Waals surface area (Å²) in [4.78, 5) is 0. The van der Waals surface area contributed by atoms with E-state index in [-0.39, 0.29) is 18.4 Å². The van der Waals surface area contributed by atoms with Gasteiger partial charge in [0.15, 0.2) is 11.6 Å². The van der Waals surface area contributed by atoms with E-state index in [1.54, 1.807) is 12.1 Å². The lowest BCUT2D eigenvalue weighted by Gasteiger charge is -2.24. The van der Waals surface area contributed by atoms with Gasteiger partial charge >= 0.3 is 0 Å². The van der Waals surface area contributed by atoms with Gasteiger partial charge in [-0.1, -0.05) is 18.9 Å². The maximum atomic E-state index is 14.2. The van der Waals surface area contributed by atoms with Crippen molar-refractivity contribution in [3.8, 4) is 11.5 Å². The van der Waals surface area contributed by atoms with Crippen molar-refractivity contribution in [2.75, 3.05) is 6.79 Å². The predicted molar refractivity (Wildman–Crippen MR) is 56.9 cm³/mol. The van der Waals surface area contributed by atoms with E-state index in [0.717, 1.165) is 25.7 Å². The van der Waals surface area contributed by atoms with E-state index in [9.17, 15) is 4.39 Å². The molecule has 0 saturated heterocycles. The molecule has 0 bridgehead atoms. The molecule has 1 aliphatic carbocycles. The first kappa shape index (κ1) is 9.90. The largest absolute Gasteiger partial charge is 0.453 e. The maximum absolute atomic E-state index is 14.2. The average molecular weight is 223 g/mol. The fourth-order valence-corrected chi connectivity index (χ4v) is 2.60. The first-order chi connectivity index (χ1) is 7.71. The summed E-state index contributed by atoms with van der Waals surface area (Å²) in [5, 5.41) is 0. The van der Waals surface area contributed by atoms with Gasteiger partial charge in [0, 0.05) is 11.1 Å². The summed E-state index contributed by atoms with van der Waals surface area (Å²) in [5.41, 5.74) is 6.28. The lowest BCUT2D eigenvalue weighted by Crippen LogP contribution is -2.34. The Morgan fingerprint density at radius 2 is 1.94 bits per heavy atom. The maximum Gasteiger partial charge on any atom is 0.231 e. The van der Waals surface area contributed by atoms with Crippen LogP contribution in [0.25, 0.3) is 0 Å². The van der Waals surface area contributed by atoms with Crippen molar-refractivity contribution >= 4 is 0 Å². The number of hydrogen-bond donors (Lipinski definition) is 1. The molecule has 1 saturated carbocycles. The second kappa shape index (κ2) is 3.35. The molecule has 1 heterocycles. The zero-order valence-electron chi connectivity index (χ0n) is 8.96. The molecule has 1 aromatic carbocycles. The van der Waals surface area contributed by atoms with Gasteiger partial charge in [-0.2, -0.15) is 0 Å². The van der Waals surface area contributed by atoms with E-state index in [0.29, 0.717) is 11.3 Å². The van der Waals surface area contributed by atoms with E-state index < -0.39 is 5.54 Å². The third kappa shape index (κ3) is 1.29. The number of ether oxygens (including phenoxy) is 2. The molecule has 3 nitrogen and oxygen atoms in total. The smallest absolute Gasteiger partial charge is 0.231 e. The van der Waals surface area contributed by atoms with E-state index in [2.05, 4.69) is 0 Å². The van der Waals surface area contributed by atoms with Crippen LogP contribution >= 0.6 is 0 Å². The van der Waals surface area contributed by atoms with Gasteiger partial charge in [0.05, 0.1) is 0 Å². The minimum absolute atomic E-state index is 0.0906. The first-order valence-corrected chi connectivity index (χ1v) is 5.58. The van der Waals surface area contributed by atoms with Gasteiger partial charge in [-0.25, -0.2) is 4.39 Å². The zero-order chi connectivity index (χ0) is 11.2. The highest BCUT2D eigenvalue weighted by Gasteiger charge is 2.36. The second-order valence-corrected chi connectivity index (χ2v) is 4.52. The van der Waals surface area contributed by atoms with Gasteiger partial charge < -0.3 is 15.2 Å². The Morgan fingerprint density at radius 3 is 2.69 bits per heavy atom. The molecule has 16 heavy (non-hydrogen) atoms. The molecule has 0 spiro atoms. The molecule has 2 N–H and O–H groups in total. The van der Waals surface area contributed by atoms with Crippen LogP contribution < -0.4 is 15.2 Å². The highest BCUT2D eigenvalue weighted by atomic mass is 19.1. The van der Waals surface area contributed by atoms with Crippen LogP contribution in [0.5, 0.6) is 11.5 Å². The van der Waals surface area contributed by atoms with Crippen LogP contribution in [-0.4, -0.2) is 6.79 Å². The quantitative estimate of drug-likeness (QED) is 0.794. The Morgan fingerprint density at radius 1 is 1.19 bits per heavy atom. The standard InChI is InChI=1S/C12H14FNO2/c13-10-8(12(14)5-1-2-6-12)3-4-9-11(10)16-7-15-9/h3-4H,1-2,5-7,14H2. The molecule has 1 fully saturated rings. The fourth-order valence-electron chi connectivity index (χ4n) is 2.60. The van der Waals surface area contributed by atoms with Crippen molar-refractivity contribution in [1.82, 2.24) is 0 Å². The van der Waals surface area contributed by atoms with E-state index in [1.165, 1.54) is 0 Å². The summed E-state index contributed by atoms with van der Waals surface area (Å²) in [6.45, 7) is 0.0906. The van der Waals surface area contributed by atoms with Crippen LogP contribution in [-0.2, 0) is 5.54 Å². The lowest BCUT2D eigenvalue weighted by atomic mass is 9.88. The third-order valence-electron chi connectivity index (χ3n) is 3.51. The molecule has 0 radical (unpaired) electrons. The molecule has 1 aromatic rings. The number of halogens is 1. The first-order valence-electron chi connectivity index (χ1n) is 5.58. The van der Waals surface area contributed by atoms with Crippen molar-refractivity contribution in [3.05, 3.63) is 23.5 Å². The number of fused-ring (bicyclic) bond motifs is 1. The van der Waals surface area contributed by atoms with E-state index in [1.807, 2.05) is 0 Å². The van der Waals surface area contributed by atoms with E-state index >= 15 is 0 Å². The Bertz CT molecular complexity index is 427. The van der Waals surface area contributed by atoms with Crippen molar-refractivity contribution in [3.63, 3.8) is 0 Å². The van der Waals surface area contributed by atoms with Crippen molar-refractivity contribution in [2.24, 2.45) is 5.73 Å². The zero-order valence-corrected chi connectivity index (χ0v) is 8.96. The molecule has 2 aliphatic rings. The molecule has 86 valence electrons. The Kier molecular flexibility index (Phi) is 2.07. The van der Waals surface area contributed by atoms with Crippen LogP contribution in [0, 0.1) is 5.82 Å². The second-order valence-electron chi connectivity index (χ2n) is 4.52.